The van der Waals surface area contributed by atoms with Gasteiger partial charge in [0.15, 0.2) is 5.69 Å². The smallest absolute Gasteiger partial charge is 0.434 e. The first kappa shape index (κ1) is 22.7. The maximum Gasteiger partial charge on any atom is 0.434 e. The van der Waals surface area contributed by atoms with Gasteiger partial charge in [-0.05, 0) is 43.0 Å². The Morgan fingerprint density at radius 1 is 1.03 bits per heavy atom. The number of alkyl halides is 6. The van der Waals surface area contributed by atoms with Gasteiger partial charge in [0, 0.05) is 5.56 Å². The number of halogens is 6. The van der Waals surface area contributed by atoms with Crippen molar-refractivity contribution in [2.75, 3.05) is 6.61 Å². The summed E-state index contributed by atoms with van der Waals surface area (Å²) in [5.74, 6) is -1.23. The van der Waals surface area contributed by atoms with Crippen molar-refractivity contribution in [1.29, 1.82) is 0 Å². The molecule has 0 atom stereocenters. The van der Waals surface area contributed by atoms with Crippen LogP contribution >= 0.6 is 0 Å². The van der Waals surface area contributed by atoms with Crippen LogP contribution < -0.4 is 0 Å². The molecule has 0 bridgehead atoms. The number of nitrogens with zero attached hydrogens (tertiary/aromatic N) is 1. The van der Waals surface area contributed by atoms with E-state index in [1.165, 1.54) is 13.0 Å². The predicted molar refractivity (Wildman–Crippen MR) is 94.2 cm³/mol. The highest BCUT2D eigenvalue weighted by molar-refractivity contribution is 5.93. The molecular formula is C20H19F6NO2. The number of hydrogen-bond donors (Lipinski definition) is 0. The third kappa shape index (κ3) is 5.48. The van der Waals surface area contributed by atoms with E-state index in [2.05, 4.69) is 4.98 Å². The Morgan fingerprint density at radius 2 is 1.62 bits per heavy atom. The summed E-state index contributed by atoms with van der Waals surface area (Å²) in [6.07, 6.45) is -9.39. The van der Waals surface area contributed by atoms with Crippen LogP contribution in [0.5, 0.6) is 0 Å². The Kier molecular flexibility index (Phi) is 6.60. The SMILES string of the molecule is CCOC(=O)c1c(CC(C)C)cc(-c2ccc(C(F)(F)F)cc2)nc1C(F)(F)F. The molecule has 0 unspecified atom stereocenters. The van der Waals surface area contributed by atoms with E-state index in [9.17, 15) is 31.1 Å². The first-order valence-electron chi connectivity index (χ1n) is 8.80. The summed E-state index contributed by atoms with van der Waals surface area (Å²) in [4.78, 5) is 15.8. The summed E-state index contributed by atoms with van der Waals surface area (Å²) in [6, 6.07) is 4.93. The van der Waals surface area contributed by atoms with Gasteiger partial charge in [-0.15, -0.1) is 0 Å². The van der Waals surface area contributed by atoms with Crippen molar-refractivity contribution in [2.24, 2.45) is 5.92 Å². The van der Waals surface area contributed by atoms with Gasteiger partial charge in [0.1, 0.15) is 0 Å². The summed E-state index contributed by atoms with van der Waals surface area (Å²) in [5, 5.41) is 0. The number of hydrogen-bond acceptors (Lipinski definition) is 3. The van der Waals surface area contributed by atoms with E-state index in [4.69, 9.17) is 4.74 Å². The van der Waals surface area contributed by atoms with Crippen LogP contribution in [0.1, 0.15) is 48.0 Å². The molecule has 0 aliphatic carbocycles. The van der Waals surface area contributed by atoms with Gasteiger partial charge in [0.25, 0.3) is 0 Å². The lowest BCUT2D eigenvalue weighted by Crippen LogP contribution is -2.21. The van der Waals surface area contributed by atoms with Crippen LogP contribution in [0.15, 0.2) is 30.3 Å². The third-order valence-electron chi connectivity index (χ3n) is 3.99. The quantitative estimate of drug-likeness (QED) is 0.430. The fourth-order valence-corrected chi connectivity index (χ4v) is 2.81. The van der Waals surface area contributed by atoms with Crippen molar-refractivity contribution in [3.05, 3.63) is 52.7 Å². The molecule has 1 aromatic heterocycles. The normalized spacial score (nSPS) is 12.3. The number of pyridine rings is 1. The Bertz CT molecular complexity index is 870. The molecule has 2 aromatic rings. The molecule has 158 valence electrons. The minimum absolute atomic E-state index is 0.0731. The molecule has 0 aliphatic heterocycles. The lowest BCUT2D eigenvalue weighted by molar-refractivity contribution is -0.141. The Labute approximate surface area is 163 Å². The summed E-state index contributed by atoms with van der Waals surface area (Å²) in [5.41, 5.74) is -3.02. The molecule has 0 aliphatic rings. The van der Waals surface area contributed by atoms with Crippen molar-refractivity contribution in [2.45, 2.75) is 39.5 Å². The van der Waals surface area contributed by atoms with E-state index >= 15 is 0 Å². The number of benzene rings is 1. The highest BCUT2D eigenvalue weighted by Gasteiger charge is 2.40. The minimum atomic E-state index is -4.95. The Balaban J connectivity index is 2.70. The van der Waals surface area contributed by atoms with Crippen molar-refractivity contribution < 1.29 is 35.9 Å². The number of rotatable bonds is 5. The second-order valence-corrected chi connectivity index (χ2v) is 6.78. The van der Waals surface area contributed by atoms with Gasteiger partial charge in [0.05, 0.1) is 23.4 Å². The molecule has 0 radical (unpaired) electrons. The van der Waals surface area contributed by atoms with E-state index in [1.807, 2.05) is 0 Å². The van der Waals surface area contributed by atoms with E-state index in [0.717, 1.165) is 24.3 Å². The number of carbonyl (C=O) groups excluding carboxylic acids is 1. The van der Waals surface area contributed by atoms with E-state index in [-0.39, 0.29) is 35.8 Å². The Morgan fingerprint density at radius 3 is 2.07 bits per heavy atom. The van der Waals surface area contributed by atoms with E-state index in [0.29, 0.717) is 0 Å². The van der Waals surface area contributed by atoms with E-state index < -0.39 is 35.1 Å². The summed E-state index contributed by atoms with van der Waals surface area (Å²) in [7, 11) is 0. The number of ether oxygens (including phenoxy) is 1. The van der Waals surface area contributed by atoms with Crippen molar-refractivity contribution in [1.82, 2.24) is 4.98 Å². The zero-order valence-corrected chi connectivity index (χ0v) is 15.9. The van der Waals surface area contributed by atoms with Crippen LogP contribution in [0, 0.1) is 5.92 Å². The monoisotopic (exact) mass is 419 g/mol. The van der Waals surface area contributed by atoms with Crippen LogP contribution in [-0.2, 0) is 23.5 Å². The summed E-state index contributed by atoms with van der Waals surface area (Å²) < 4.78 is 84.0. The second-order valence-electron chi connectivity index (χ2n) is 6.78. The van der Waals surface area contributed by atoms with Crippen molar-refractivity contribution >= 4 is 5.97 Å². The fraction of sp³-hybridized carbons (Fsp3) is 0.400. The molecule has 0 fully saturated rings. The lowest BCUT2D eigenvalue weighted by atomic mass is 9.94. The second kappa shape index (κ2) is 8.42. The molecule has 0 amide bonds. The maximum atomic E-state index is 13.7. The molecule has 3 nitrogen and oxygen atoms in total. The first-order valence-corrected chi connectivity index (χ1v) is 8.80. The third-order valence-corrected chi connectivity index (χ3v) is 3.99. The molecule has 1 aromatic carbocycles. The van der Waals surface area contributed by atoms with Gasteiger partial charge >= 0.3 is 18.3 Å². The largest absolute Gasteiger partial charge is 0.462 e. The topological polar surface area (TPSA) is 39.2 Å². The predicted octanol–water partition coefficient (Wildman–Crippen LogP) is 6.16. The first-order chi connectivity index (χ1) is 13.3. The van der Waals surface area contributed by atoms with Gasteiger partial charge in [-0.1, -0.05) is 26.0 Å². The highest BCUT2D eigenvalue weighted by atomic mass is 19.4. The summed E-state index contributed by atoms with van der Waals surface area (Å²) in [6.45, 7) is 4.88. The zero-order chi connectivity index (χ0) is 22.0. The molecule has 2 rings (SSSR count). The van der Waals surface area contributed by atoms with Gasteiger partial charge in [0.2, 0.25) is 0 Å². The average Bonchev–Trinajstić information content (AvgIpc) is 2.59. The highest BCUT2D eigenvalue weighted by Crippen LogP contribution is 2.36. The molecule has 0 saturated heterocycles. The number of aromatic nitrogens is 1. The van der Waals surface area contributed by atoms with Gasteiger partial charge in [-0.2, -0.15) is 26.3 Å². The fourth-order valence-electron chi connectivity index (χ4n) is 2.81. The molecule has 0 saturated carbocycles. The van der Waals surface area contributed by atoms with E-state index in [1.54, 1.807) is 13.8 Å². The van der Waals surface area contributed by atoms with Gasteiger partial charge < -0.3 is 4.74 Å². The van der Waals surface area contributed by atoms with Gasteiger partial charge in [-0.25, -0.2) is 9.78 Å². The van der Waals surface area contributed by atoms with Crippen LogP contribution in [0.4, 0.5) is 26.3 Å². The van der Waals surface area contributed by atoms with Gasteiger partial charge in [-0.3, -0.25) is 0 Å². The molecule has 0 N–H and O–H groups in total. The zero-order valence-electron chi connectivity index (χ0n) is 15.9. The number of esters is 1. The van der Waals surface area contributed by atoms with Crippen LogP contribution in [0.25, 0.3) is 11.3 Å². The Hall–Kier alpha value is -2.58. The molecule has 0 spiro atoms. The molecule has 1 heterocycles. The molecule has 9 heteroatoms. The number of carbonyl (C=O) groups is 1. The van der Waals surface area contributed by atoms with Crippen molar-refractivity contribution in [3.8, 4) is 11.3 Å². The maximum absolute atomic E-state index is 13.7. The lowest BCUT2D eigenvalue weighted by Gasteiger charge is -2.18. The average molecular weight is 419 g/mol. The van der Waals surface area contributed by atoms with Crippen molar-refractivity contribution in [3.63, 3.8) is 0 Å². The molecular weight excluding hydrogens is 400 g/mol. The standard InChI is InChI=1S/C20H19F6NO2/c1-4-29-18(28)16-13(9-11(2)3)10-15(27-17(16)20(24,25)26)12-5-7-14(8-6-12)19(21,22)23/h5-8,10-11H,4,9H2,1-3H3. The molecule has 29 heavy (non-hydrogen) atoms. The van der Waals surface area contributed by atoms with Crippen LogP contribution in [0.2, 0.25) is 0 Å². The van der Waals surface area contributed by atoms with Crippen LogP contribution in [0.3, 0.4) is 0 Å². The van der Waals surface area contributed by atoms with Crippen LogP contribution in [-0.4, -0.2) is 17.6 Å². The minimum Gasteiger partial charge on any atom is -0.462 e. The summed E-state index contributed by atoms with van der Waals surface area (Å²) >= 11 is 0.